The van der Waals surface area contributed by atoms with Crippen molar-refractivity contribution in [2.75, 3.05) is 19.7 Å². The van der Waals surface area contributed by atoms with Gasteiger partial charge in [0.2, 0.25) is 5.88 Å². The minimum atomic E-state index is 0.436. The SMILES string of the molecule is N#Cc1cnc(C2CC2)nc1OCC1CCNC1. The smallest absolute Gasteiger partial charge is 0.235 e. The first kappa shape index (κ1) is 11.4. The average Bonchev–Trinajstić information content (AvgIpc) is 3.13. The topological polar surface area (TPSA) is 70.8 Å². The van der Waals surface area contributed by atoms with E-state index in [4.69, 9.17) is 10.00 Å². The standard InChI is InChI=1S/C13H16N4O/c14-5-11-7-16-12(10-1-2-10)17-13(11)18-8-9-3-4-15-6-9/h7,9-10,15H,1-4,6,8H2. The Hall–Kier alpha value is -1.67. The predicted molar refractivity (Wildman–Crippen MR) is 65.2 cm³/mol. The molecule has 0 aromatic carbocycles. The van der Waals surface area contributed by atoms with Gasteiger partial charge in [0.15, 0.2) is 0 Å². The third-order valence-corrected chi connectivity index (χ3v) is 3.45. The molecule has 0 spiro atoms. The zero-order chi connectivity index (χ0) is 12.4. The Labute approximate surface area is 106 Å². The van der Waals surface area contributed by atoms with Crippen LogP contribution in [0.1, 0.15) is 36.6 Å². The first-order valence-electron chi connectivity index (χ1n) is 6.47. The molecule has 2 aliphatic rings. The van der Waals surface area contributed by atoms with E-state index in [2.05, 4.69) is 21.4 Å². The van der Waals surface area contributed by atoms with Gasteiger partial charge in [0.25, 0.3) is 0 Å². The third kappa shape index (κ3) is 2.44. The molecule has 0 radical (unpaired) electrons. The maximum Gasteiger partial charge on any atom is 0.235 e. The Bertz CT molecular complexity index is 472. The lowest BCUT2D eigenvalue weighted by molar-refractivity contribution is 0.249. The highest BCUT2D eigenvalue weighted by Crippen LogP contribution is 2.38. The molecule has 1 N–H and O–H groups in total. The first-order valence-corrected chi connectivity index (χ1v) is 6.47. The Kier molecular flexibility index (Phi) is 3.11. The molecule has 5 heteroatoms. The van der Waals surface area contributed by atoms with Gasteiger partial charge >= 0.3 is 0 Å². The summed E-state index contributed by atoms with van der Waals surface area (Å²) < 4.78 is 5.72. The van der Waals surface area contributed by atoms with Gasteiger partial charge in [-0.3, -0.25) is 0 Å². The van der Waals surface area contributed by atoms with Crippen molar-refractivity contribution in [3.8, 4) is 11.9 Å². The second-order valence-corrected chi connectivity index (χ2v) is 5.00. The van der Waals surface area contributed by atoms with Gasteiger partial charge in [-0.2, -0.15) is 10.2 Å². The highest BCUT2D eigenvalue weighted by atomic mass is 16.5. The van der Waals surface area contributed by atoms with E-state index in [-0.39, 0.29) is 0 Å². The van der Waals surface area contributed by atoms with Crippen LogP contribution in [0.25, 0.3) is 0 Å². The van der Waals surface area contributed by atoms with Crippen molar-refractivity contribution in [1.29, 1.82) is 5.26 Å². The quantitative estimate of drug-likeness (QED) is 0.862. The molecule has 1 aliphatic heterocycles. The van der Waals surface area contributed by atoms with Gasteiger partial charge in [-0.25, -0.2) is 4.98 Å². The summed E-state index contributed by atoms with van der Waals surface area (Å²) >= 11 is 0. The highest BCUT2D eigenvalue weighted by Gasteiger charge is 2.27. The summed E-state index contributed by atoms with van der Waals surface area (Å²) in [6, 6.07) is 2.09. The molecule has 1 atom stereocenters. The number of nitriles is 1. The fourth-order valence-corrected chi connectivity index (χ4v) is 2.16. The molecule has 1 saturated heterocycles. The molecule has 0 amide bonds. The van der Waals surface area contributed by atoms with Gasteiger partial charge in [-0.1, -0.05) is 0 Å². The van der Waals surface area contributed by atoms with E-state index < -0.39 is 0 Å². The van der Waals surface area contributed by atoms with Gasteiger partial charge < -0.3 is 10.1 Å². The van der Waals surface area contributed by atoms with Crippen LogP contribution in [0.2, 0.25) is 0 Å². The van der Waals surface area contributed by atoms with Crippen LogP contribution in [0.5, 0.6) is 5.88 Å². The Morgan fingerprint density at radius 3 is 3.00 bits per heavy atom. The summed E-state index contributed by atoms with van der Waals surface area (Å²) in [5.74, 6) is 2.29. The lowest BCUT2D eigenvalue weighted by Gasteiger charge is -2.11. The fourth-order valence-electron chi connectivity index (χ4n) is 2.16. The molecule has 94 valence electrons. The molecule has 2 heterocycles. The van der Waals surface area contributed by atoms with Crippen LogP contribution in [0, 0.1) is 17.2 Å². The molecule has 0 bridgehead atoms. The average molecular weight is 244 g/mol. The fraction of sp³-hybridized carbons (Fsp3) is 0.615. The molecule has 1 aromatic heterocycles. The predicted octanol–water partition coefficient (Wildman–Crippen LogP) is 1.21. The van der Waals surface area contributed by atoms with E-state index in [1.807, 2.05) is 0 Å². The molecule has 1 saturated carbocycles. The van der Waals surface area contributed by atoms with Crippen LogP contribution in [0.15, 0.2) is 6.20 Å². The molecule has 1 unspecified atom stereocenters. The molecular weight excluding hydrogens is 228 g/mol. The van der Waals surface area contributed by atoms with Crippen LogP contribution in [0.4, 0.5) is 0 Å². The first-order chi connectivity index (χ1) is 8.86. The highest BCUT2D eigenvalue weighted by molar-refractivity contribution is 5.36. The summed E-state index contributed by atoms with van der Waals surface area (Å²) in [5, 5.41) is 12.3. The van der Waals surface area contributed by atoms with E-state index in [9.17, 15) is 0 Å². The summed E-state index contributed by atoms with van der Waals surface area (Å²) in [7, 11) is 0. The second-order valence-electron chi connectivity index (χ2n) is 5.00. The number of aromatic nitrogens is 2. The molecule has 3 rings (SSSR count). The Morgan fingerprint density at radius 2 is 2.33 bits per heavy atom. The normalized spacial score (nSPS) is 22.7. The maximum atomic E-state index is 9.03. The molecule has 18 heavy (non-hydrogen) atoms. The van der Waals surface area contributed by atoms with E-state index in [0.717, 1.165) is 38.2 Å². The molecular formula is C13H16N4O. The van der Waals surface area contributed by atoms with E-state index in [1.165, 1.54) is 0 Å². The van der Waals surface area contributed by atoms with Gasteiger partial charge in [0.1, 0.15) is 17.5 Å². The third-order valence-electron chi connectivity index (χ3n) is 3.45. The van der Waals surface area contributed by atoms with Gasteiger partial charge in [0.05, 0.1) is 12.8 Å². The number of ether oxygens (including phenoxy) is 1. The molecule has 1 aromatic rings. The Morgan fingerprint density at radius 1 is 1.44 bits per heavy atom. The maximum absolute atomic E-state index is 9.03. The van der Waals surface area contributed by atoms with Crippen LogP contribution >= 0.6 is 0 Å². The van der Waals surface area contributed by atoms with Crippen LogP contribution < -0.4 is 10.1 Å². The van der Waals surface area contributed by atoms with Gasteiger partial charge in [-0.15, -0.1) is 0 Å². The molecule has 1 aliphatic carbocycles. The van der Waals surface area contributed by atoms with Crippen LogP contribution in [-0.2, 0) is 0 Å². The Balaban J connectivity index is 1.71. The lowest BCUT2D eigenvalue weighted by Crippen LogP contribution is -2.16. The zero-order valence-electron chi connectivity index (χ0n) is 10.2. The number of nitrogens with zero attached hydrogens (tertiary/aromatic N) is 3. The van der Waals surface area contributed by atoms with Crippen molar-refractivity contribution < 1.29 is 4.74 Å². The van der Waals surface area contributed by atoms with Crippen LogP contribution in [-0.4, -0.2) is 29.7 Å². The van der Waals surface area contributed by atoms with E-state index in [0.29, 0.717) is 29.9 Å². The summed E-state index contributed by atoms with van der Waals surface area (Å²) in [6.07, 6.45) is 5.01. The van der Waals surface area contributed by atoms with E-state index >= 15 is 0 Å². The molecule has 5 nitrogen and oxygen atoms in total. The summed E-state index contributed by atoms with van der Waals surface area (Å²) in [5.41, 5.74) is 0.436. The largest absolute Gasteiger partial charge is 0.476 e. The zero-order valence-corrected chi connectivity index (χ0v) is 10.2. The van der Waals surface area contributed by atoms with Crippen LogP contribution in [0.3, 0.4) is 0 Å². The lowest BCUT2D eigenvalue weighted by atomic mass is 10.1. The van der Waals surface area contributed by atoms with Crippen molar-refractivity contribution in [1.82, 2.24) is 15.3 Å². The van der Waals surface area contributed by atoms with Gasteiger partial charge in [0, 0.05) is 18.4 Å². The van der Waals surface area contributed by atoms with Crippen molar-refractivity contribution in [2.24, 2.45) is 5.92 Å². The minimum Gasteiger partial charge on any atom is -0.476 e. The number of hydrogen-bond acceptors (Lipinski definition) is 5. The molecule has 2 fully saturated rings. The van der Waals surface area contributed by atoms with E-state index in [1.54, 1.807) is 6.20 Å². The number of hydrogen-bond donors (Lipinski definition) is 1. The number of nitrogens with one attached hydrogen (secondary N) is 1. The van der Waals surface area contributed by atoms with Crippen molar-refractivity contribution >= 4 is 0 Å². The van der Waals surface area contributed by atoms with Crippen molar-refractivity contribution in [3.63, 3.8) is 0 Å². The minimum absolute atomic E-state index is 0.436. The van der Waals surface area contributed by atoms with Gasteiger partial charge in [-0.05, 0) is 25.8 Å². The second kappa shape index (κ2) is 4.91. The van der Waals surface area contributed by atoms with Crippen molar-refractivity contribution in [2.45, 2.75) is 25.2 Å². The van der Waals surface area contributed by atoms with Crippen molar-refractivity contribution in [3.05, 3.63) is 17.6 Å². The summed E-state index contributed by atoms with van der Waals surface area (Å²) in [6.45, 7) is 2.67. The number of rotatable bonds is 4. The monoisotopic (exact) mass is 244 g/mol. The summed E-state index contributed by atoms with van der Waals surface area (Å²) in [4.78, 5) is 8.62.